The number of aromatic hydroxyl groups is 1. The molecule has 31 heavy (non-hydrogen) atoms. The Morgan fingerprint density at radius 2 is 1.97 bits per heavy atom. The molecule has 6 nitrogen and oxygen atoms in total. The number of halogens is 2. The molecular formula is C23H27ClFN3O3. The Morgan fingerprint density at radius 1 is 1.23 bits per heavy atom. The van der Waals surface area contributed by atoms with E-state index in [4.69, 9.17) is 11.6 Å². The van der Waals surface area contributed by atoms with E-state index >= 15 is 0 Å². The molecule has 0 aromatic heterocycles. The molecule has 166 valence electrons. The summed E-state index contributed by atoms with van der Waals surface area (Å²) in [5.41, 5.74) is 1.06. The normalized spacial score (nSPS) is 14.9. The summed E-state index contributed by atoms with van der Waals surface area (Å²) >= 11 is 5.93. The largest absolute Gasteiger partial charge is 0.506 e. The van der Waals surface area contributed by atoms with E-state index in [-0.39, 0.29) is 35.8 Å². The Balaban J connectivity index is 1.49. The SMILES string of the molecule is CCN(Cc1cccc(F)c1)C(=O)CN1CCC(C(=O)Nc2cc(Cl)ccc2O)CC1. The lowest BCUT2D eigenvalue weighted by Crippen LogP contribution is -2.44. The maximum Gasteiger partial charge on any atom is 0.237 e. The lowest BCUT2D eigenvalue weighted by molar-refractivity contribution is -0.133. The molecule has 0 saturated carbocycles. The highest BCUT2D eigenvalue weighted by atomic mass is 35.5. The topological polar surface area (TPSA) is 72.9 Å². The molecule has 1 saturated heterocycles. The Morgan fingerprint density at radius 3 is 2.65 bits per heavy atom. The minimum Gasteiger partial charge on any atom is -0.506 e. The van der Waals surface area contributed by atoms with Crippen molar-refractivity contribution in [3.05, 3.63) is 58.9 Å². The molecule has 2 aromatic carbocycles. The van der Waals surface area contributed by atoms with Gasteiger partial charge in [0.25, 0.3) is 0 Å². The van der Waals surface area contributed by atoms with Crippen molar-refractivity contribution in [3.8, 4) is 5.75 Å². The summed E-state index contributed by atoms with van der Waals surface area (Å²) in [6.45, 7) is 4.34. The highest BCUT2D eigenvalue weighted by Gasteiger charge is 2.27. The number of carbonyl (C=O) groups excluding carboxylic acids is 2. The van der Waals surface area contributed by atoms with Crippen LogP contribution in [-0.4, -0.2) is 52.9 Å². The molecule has 0 atom stereocenters. The Bertz CT molecular complexity index is 932. The number of piperidine rings is 1. The van der Waals surface area contributed by atoms with Crippen molar-refractivity contribution >= 4 is 29.1 Å². The average Bonchev–Trinajstić information content (AvgIpc) is 2.75. The van der Waals surface area contributed by atoms with Crippen molar-refractivity contribution in [3.63, 3.8) is 0 Å². The van der Waals surface area contributed by atoms with Crippen LogP contribution in [0.25, 0.3) is 0 Å². The van der Waals surface area contributed by atoms with Gasteiger partial charge in [0.1, 0.15) is 11.6 Å². The average molecular weight is 448 g/mol. The number of hydrogen-bond acceptors (Lipinski definition) is 4. The number of amides is 2. The number of anilines is 1. The molecular weight excluding hydrogens is 421 g/mol. The number of carbonyl (C=O) groups is 2. The Kier molecular flexibility index (Phi) is 7.87. The summed E-state index contributed by atoms with van der Waals surface area (Å²) in [4.78, 5) is 29.0. The molecule has 2 amide bonds. The van der Waals surface area contributed by atoms with E-state index in [1.165, 1.54) is 24.3 Å². The van der Waals surface area contributed by atoms with Gasteiger partial charge in [-0.25, -0.2) is 4.39 Å². The number of rotatable bonds is 7. The third-order valence-corrected chi connectivity index (χ3v) is 5.77. The Hall–Kier alpha value is -2.64. The molecule has 0 unspecified atom stereocenters. The van der Waals surface area contributed by atoms with Crippen LogP contribution in [0.1, 0.15) is 25.3 Å². The molecule has 3 rings (SSSR count). The quantitative estimate of drug-likeness (QED) is 0.632. The molecule has 1 heterocycles. The molecule has 8 heteroatoms. The molecule has 0 bridgehead atoms. The van der Waals surface area contributed by atoms with Gasteiger partial charge in [0.15, 0.2) is 0 Å². The molecule has 1 aliphatic heterocycles. The summed E-state index contributed by atoms with van der Waals surface area (Å²) in [5.74, 6) is -0.714. The van der Waals surface area contributed by atoms with E-state index < -0.39 is 0 Å². The van der Waals surface area contributed by atoms with Crippen LogP contribution in [0.5, 0.6) is 5.75 Å². The first kappa shape index (κ1) is 23.0. The predicted octanol–water partition coefficient (Wildman–Crippen LogP) is 3.88. The van der Waals surface area contributed by atoms with Gasteiger partial charge < -0.3 is 15.3 Å². The van der Waals surface area contributed by atoms with Crippen molar-refractivity contribution in [1.29, 1.82) is 0 Å². The highest BCUT2D eigenvalue weighted by molar-refractivity contribution is 6.31. The second-order valence-electron chi connectivity index (χ2n) is 7.74. The van der Waals surface area contributed by atoms with Crippen molar-refractivity contribution in [2.45, 2.75) is 26.3 Å². The standard InChI is InChI=1S/C23H27ClFN3O3/c1-2-28(14-16-4-3-5-19(25)12-16)22(30)15-27-10-8-17(9-11-27)23(31)26-20-13-18(24)6-7-21(20)29/h3-7,12-13,17,29H,2,8-11,14-15H2,1H3,(H,26,31). The first-order valence-electron chi connectivity index (χ1n) is 10.4. The smallest absolute Gasteiger partial charge is 0.237 e. The lowest BCUT2D eigenvalue weighted by Gasteiger charge is -2.32. The number of hydrogen-bond donors (Lipinski definition) is 2. The summed E-state index contributed by atoms with van der Waals surface area (Å²) in [6, 6.07) is 10.8. The van der Waals surface area contributed by atoms with E-state index in [9.17, 15) is 19.1 Å². The maximum atomic E-state index is 13.4. The van der Waals surface area contributed by atoms with Crippen LogP contribution in [-0.2, 0) is 16.1 Å². The number of nitrogens with one attached hydrogen (secondary N) is 1. The summed E-state index contributed by atoms with van der Waals surface area (Å²) in [5, 5.41) is 13.0. The van der Waals surface area contributed by atoms with Crippen LogP contribution in [0.15, 0.2) is 42.5 Å². The number of phenolic OH excluding ortho intramolecular Hbond substituents is 1. The fourth-order valence-corrected chi connectivity index (χ4v) is 3.89. The van der Waals surface area contributed by atoms with Crippen LogP contribution >= 0.6 is 11.6 Å². The zero-order chi connectivity index (χ0) is 22.4. The minimum atomic E-state index is -0.313. The minimum absolute atomic E-state index is 0.0153. The van der Waals surface area contributed by atoms with Gasteiger partial charge in [-0.2, -0.15) is 0 Å². The van der Waals surface area contributed by atoms with E-state index in [0.717, 1.165) is 5.56 Å². The summed E-state index contributed by atoms with van der Waals surface area (Å²) in [6.07, 6.45) is 1.24. The van der Waals surface area contributed by atoms with Crippen LogP contribution in [0.4, 0.5) is 10.1 Å². The second-order valence-corrected chi connectivity index (χ2v) is 8.18. The van der Waals surface area contributed by atoms with Crippen molar-refractivity contribution in [2.24, 2.45) is 5.92 Å². The van der Waals surface area contributed by atoms with Gasteiger partial charge in [-0.05, 0) is 68.8 Å². The predicted molar refractivity (Wildman–Crippen MR) is 118 cm³/mol. The van der Waals surface area contributed by atoms with Gasteiger partial charge in [0.05, 0.1) is 12.2 Å². The number of likely N-dealkylation sites (tertiary alicyclic amines) is 1. The van der Waals surface area contributed by atoms with E-state index in [0.29, 0.717) is 49.7 Å². The first-order valence-corrected chi connectivity index (χ1v) is 10.8. The molecule has 0 radical (unpaired) electrons. The fourth-order valence-electron chi connectivity index (χ4n) is 3.72. The van der Waals surface area contributed by atoms with Crippen LogP contribution < -0.4 is 5.32 Å². The molecule has 1 fully saturated rings. The van der Waals surface area contributed by atoms with Gasteiger partial charge in [-0.15, -0.1) is 0 Å². The number of likely N-dealkylation sites (N-methyl/N-ethyl adjacent to an activating group) is 1. The summed E-state index contributed by atoms with van der Waals surface area (Å²) < 4.78 is 13.4. The van der Waals surface area contributed by atoms with Gasteiger partial charge in [-0.1, -0.05) is 23.7 Å². The lowest BCUT2D eigenvalue weighted by atomic mass is 9.95. The van der Waals surface area contributed by atoms with Gasteiger partial charge >= 0.3 is 0 Å². The zero-order valence-corrected chi connectivity index (χ0v) is 18.2. The van der Waals surface area contributed by atoms with E-state index in [1.54, 1.807) is 23.1 Å². The number of nitrogens with zero attached hydrogens (tertiary/aromatic N) is 2. The maximum absolute atomic E-state index is 13.4. The van der Waals surface area contributed by atoms with Crippen LogP contribution in [0.3, 0.4) is 0 Å². The molecule has 2 aromatic rings. The molecule has 0 spiro atoms. The van der Waals surface area contributed by atoms with Gasteiger partial charge in [0.2, 0.25) is 11.8 Å². The molecule has 1 aliphatic rings. The first-order chi connectivity index (χ1) is 14.9. The van der Waals surface area contributed by atoms with Crippen LogP contribution in [0.2, 0.25) is 5.02 Å². The zero-order valence-electron chi connectivity index (χ0n) is 17.5. The highest BCUT2D eigenvalue weighted by Crippen LogP contribution is 2.28. The Labute approximate surface area is 186 Å². The third kappa shape index (κ3) is 6.42. The summed E-state index contributed by atoms with van der Waals surface area (Å²) in [7, 11) is 0. The number of phenols is 1. The van der Waals surface area contributed by atoms with Crippen molar-refractivity contribution in [1.82, 2.24) is 9.80 Å². The van der Waals surface area contributed by atoms with Gasteiger partial charge in [-0.3, -0.25) is 14.5 Å². The van der Waals surface area contributed by atoms with Gasteiger partial charge in [0, 0.05) is 24.0 Å². The molecule has 2 N–H and O–H groups in total. The fraction of sp³-hybridized carbons (Fsp3) is 0.391. The molecule has 0 aliphatic carbocycles. The second kappa shape index (κ2) is 10.6. The number of benzene rings is 2. The van der Waals surface area contributed by atoms with Crippen LogP contribution in [0, 0.1) is 11.7 Å². The van der Waals surface area contributed by atoms with E-state index in [1.807, 2.05) is 11.8 Å². The third-order valence-electron chi connectivity index (χ3n) is 5.53. The van der Waals surface area contributed by atoms with E-state index in [2.05, 4.69) is 5.32 Å². The van der Waals surface area contributed by atoms with Crippen molar-refractivity contribution < 1.29 is 19.1 Å². The van der Waals surface area contributed by atoms with Crippen molar-refractivity contribution in [2.75, 3.05) is 31.5 Å². The monoisotopic (exact) mass is 447 g/mol.